The first-order valence-corrected chi connectivity index (χ1v) is 4.85. The predicted octanol–water partition coefficient (Wildman–Crippen LogP) is 2.90. The summed E-state index contributed by atoms with van der Waals surface area (Å²) >= 11 is 6.08. The quantitative estimate of drug-likeness (QED) is 0.846. The smallest absolute Gasteiger partial charge is 0.143 e. The van der Waals surface area contributed by atoms with Crippen molar-refractivity contribution in [3.8, 4) is 11.8 Å². The summed E-state index contributed by atoms with van der Waals surface area (Å²) in [5, 5.41) is 10.2. The molecular weight excluding hydrogens is 212 g/mol. The van der Waals surface area contributed by atoms with Gasteiger partial charge in [0.05, 0.1) is 30.1 Å². The molecule has 0 saturated carbocycles. The molecule has 0 unspecified atom stereocenters. The Labute approximate surface area is 92.2 Å². The van der Waals surface area contributed by atoms with E-state index in [1.807, 2.05) is 0 Å². The number of hydrogen-bond acceptors (Lipinski definition) is 2. The van der Waals surface area contributed by atoms with Gasteiger partial charge in [-0.05, 0) is 17.7 Å². The number of aromatic nitrogens is 1. The Bertz CT molecular complexity index is 539. The van der Waals surface area contributed by atoms with Crippen LogP contribution in [-0.2, 0) is 6.42 Å². The first-order chi connectivity index (χ1) is 7.27. The van der Waals surface area contributed by atoms with E-state index < -0.39 is 0 Å². The molecular formula is C11H9ClN2O. The minimum atomic E-state index is 0.340. The van der Waals surface area contributed by atoms with Crippen molar-refractivity contribution in [1.29, 1.82) is 5.26 Å². The Morgan fingerprint density at radius 1 is 1.53 bits per heavy atom. The Morgan fingerprint density at radius 3 is 3.00 bits per heavy atom. The molecule has 0 aliphatic heterocycles. The van der Waals surface area contributed by atoms with Crippen molar-refractivity contribution in [3.63, 3.8) is 0 Å². The van der Waals surface area contributed by atoms with Gasteiger partial charge in [-0.2, -0.15) is 5.26 Å². The van der Waals surface area contributed by atoms with Crippen molar-refractivity contribution >= 4 is 22.5 Å². The van der Waals surface area contributed by atoms with E-state index in [1.165, 1.54) is 0 Å². The molecule has 0 amide bonds. The molecule has 0 bridgehead atoms. The number of aromatic amines is 1. The van der Waals surface area contributed by atoms with Crippen molar-refractivity contribution in [3.05, 3.63) is 28.9 Å². The molecule has 1 heterocycles. The van der Waals surface area contributed by atoms with Crippen LogP contribution in [0.2, 0.25) is 5.02 Å². The summed E-state index contributed by atoms with van der Waals surface area (Å²) in [6.45, 7) is 0. The monoisotopic (exact) mass is 220 g/mol. The summed E-state index contributed by atoms with van der Waals surface area (Å²) in [6, 6.07) is 5.69. The van der Waals surface area contributed by atoms with Crippen LogP contribution >= 0.6 is 11.6 Å². The fourth-order valence-corrected chi connectivity index (χ4v) is 1.92. The van der Waals surface area contributed by atoms with Crippen LogP contribution < -0.4 is 4.74 Å². The Hall–Kier alpha value is -1.66. The van der Waals surface area contributed by atoms with Crippen LogP contribution in [0.3, 0.4) is 0 Å². The summed E-state index contributed by atoms with van der Waals surface area (Å²) in [7, 11) is 1.60. The van der Waals surface area contributed by atoms with Gasteiger partial charge in [0.2, 0.25) is 0 Å². The lowest BCUT2D eigenvalue weighted by atomic mass is 10.1. The van der Waals surface area contributed by atoms with Crippen LogP contribution in [0.25, 0.3) is 10.9 Å². The molecule has 0 atom stereocenters. The van der Waals surface area contributed by atoms with Gasteiger partial charge in [-0.15, -0.1) is 0 Å². The highest BCUT2D eigenvalue weighted by atomic mass is 35.5. The molecule has 0 saturated heterocycles. The average molecular weight is 221 g/mol. The third-order valence-electron chi connectivity index (χ3n) is 2.32. The van der Waals surface area contributed by atoms with Crippen LogP contribution in [0.1, 0.15) is 5.56 Å². The largest absolute Gasteiger partial charge is 0.495 e. The van der Waals surface area contributed by atoms with Crippen molar-refractivity contribution in [2.45, 2.75) is 6.42 Å². The predicted molar refractivity (Wildman–Crippen MR) is 59.2 cm³/mol. The third-order valence-corrected chi connectivity index (χ3v) is 2.63. The fraction of sp³-hybridized carbons (Fsp3) is 0.182. The minimum absolute atomic E-state index is 0.340. The van der Waals surface area contributed by atoms with Gasteiger partial charge in [0.15, 0.2) is 0 Å². The van der Waals surface area contributed by atoms with Gasteiger partial charge in [-0.25, -0.2) is 0 Å². The highest BCUT2D eigenvalue weighted by Crippen LogP contribution is 2.33. The molecule has 2 rings (SSSR count). The second-order valence-corrected chi connectivity index (χ2v) is 3.56. The van der Waals surface area contributed by atoms with Crippen LogP contribution in [0, 0.1) is 11.3 Å². The highest BCUT2D eigenvalue weighted by Gasteiger charge is 2.11. The number of hydrogen-bond donors (Lipinski definition) is 1. The molecule has 1 aromatic carbocycles. The molecule has 76 valence electrons. The second-order valence-electron chi connectivity index (χ2n) is 3.15. The number of benzene rings is 1. The number of nitrogens with one attached hydrogen (secondary N) is 1. The number of rotatable bonds is 2. The van der Waals surface area contributed by atoms with E-state index in [9.17, 15) is 0 Å². The molecule has 0 fully saturated rings. The Morgan fingerprint density at radius 2 is 2.33 bits per heavy atom. The topological polar surface area (TPSA) is 48.8 Å². The van der Waals surface area contributed by atoms with E-state index in [-0.39, 0.29) is 0 Å². The first-order valence-electron chi connectivity index (χ1n) is 4.47. The van der Waals surface area contributed by atoms with Crippen molar-refractivity contribution in [2.75, 3.05) is 7.11 Å². The first kappa shape index (κ1) is 9.88. The van der Waals surface area contributed by atoms with Gasteiger partial charge in [0.1, 0.15) is 5.75 Å². The lowest BCUT2D eigenvalue weighted by Gasteiger charge is -2.03. The standard InChI is InChI=1S/C11H9ClN2O/c1-15-9-3-2-8(12)10-7(4-5-13)6-14-11(9)10/h2-3,6,14H,4H2,1H3. The molecule has 0 spiro atoms. The minimum Gasteiger partial charge on any atom is -0.495 e. The molecule has 1 aromatic heterocycles. The lowest BCUT2D eigenvalue weighted by Crippen LogP contribution is -1.85. The van der Waals surface area contributed by atoms with Gasteiger partial charge in [-0.3, -0.25) is 0 Å². The van der Waals surface area contributed by atoms with Gasteiger partial charge in [-0.1, -0.05) is 11.6 Å². The number of H-pyrrole nitrogens is 1. The van der Waals surface area contributed by atoms with E-state index in [1.54, 1.807) is 25.4 Å². The molecule has 0 radical (unpaired) electrons. The number of fused-ring (bicyclic) bond motifs is 1. The third kappa shape index (κ3) is 1.53. The van der Waals surface area contributed by atoms with Gasteiger partial charge in [0.25, 0.3) is 0 Å². The summed E-state index contributed by atoms with van der Waals surface area (Å²) < 4.78 is 5.20. The number of nitriles is 1. The van der Waals surface area contributed by atoms with Crippen molar-refractivity contribution in [1.82, 2.24) is 4.98 Å². The van der Waals surface area contributed by atoms with Crippen molar-refractivity contribution < 1.29 is 4.74 Å². The normalized spacial score (nSPS) is 10.2. The highest BCUT2D eigenvalue weighted by molar-refractivity contribution is 6.36. The molecule has 2 aromatic rings. The SMILES string of the molecule is COc1ccc(Cl)c2c(CC#N)c[nH]c12. The van der Waals surface area contributed by atoms with E-state index in [0.29, 0.717) is 11.4 Å². The Kier molecular flexibility index (Phi) is 2.53. The summed E-state index contributed by atoms with van der Waals surface area (Å²) in [5.74, 6) is 0.735. The zero-order valence-corrected chi connectivity index (χ0v) is 8.93. The fourth-order valence-electron chi connectivity index (χ4n) is 1.64. The number of methoxy groups -OCH3 is 1. The average Bonchev–Trinajstić information content (AvgIpc) is 2.64. The number of ether oxygens (including phenoxy) is 1. The van der Waals surface area contributed by atoms with Crippen LogP contribution in [-0.4, -0.2) is 12.1 Å². The summed E-state index contributed by atoms with van der Waals surface area (Å²) in [5.41, 5.74) is 1.74. The maximum atomic E-state index is 8.68. The van der Waals surface area contributed by atoms with Crippen LogP contribution in [0.4, 0.5) is 0 Å². The van der Waals surface area contributed by atoms with Crippen LogP contribution in [0.5, 0.6) is 5.75 Å². The second kappa shape index (κ2) is 3.84. The molecule has 3 nitrogen and oxygen atoms in total. The molecule has 0 aliphatic carbocycles. The van der Waals surface area contributed by atoms with E-state index in [4.69, 9.17) is 21.6 Å². The summed E-state index contributed by atoms with van der Waals surface area (Å²) in [4.78, 5) is 3.07. The summed E-state index contributed by atoms with van der Waals surface area (Å²) in [6.07, 6.45) is 2.13. The molecule has 15 heavy (non-hydrogen) atoms. The number of nitrogens with zero attached hydrogens (tertiary/aromatic N) is 1. The van der Waals surface area contributed by atoms with E-state index >= 15 is 0 Å². The van der Waals surface area contributed by atoms with Gasteiger partial charge >= 0.3 is 0 Å². The van der Waals surface area contributed by atoms with E-state index in [0.717, 1.165) is 22.2 Å². The lowest BCUT2D eigenvalue weighted by molar-refractivity contribution is 0.419. The Balaban J connectivity index is 2.74. The maximum Gasteiger partial charge on any atom is 0.143 e. The molecule has 1 N–H and O–H groups in total. The van der Waals surface area contributed by atoms with Gasteiger partial charge in [0, 0.05) is 11.6 Å². The zero-order valence-electron chi connectivity index (χ0n) is 8.17. The van der Waals surface area contributed by atoms with Crippen LogP contribution in [0.15, 0.2) is 18.3 Å². The maximum absolute atomic E-state index is 8.68. The van der Waals surface area contributed by atoms with Crippen molar-refractivity contribution in [2.24, 2.45) is 0 Å². The molecule has 0 aliphatic rings. The van der Waals surface area contributed by atoms with Gasteiger partial charge < -0.3 is 9.72 Å². The zero-order chi connectivity index (χ0) is 10.8. The number of halogens is 1. The van der Waals surface area contributed by atoms with E-state index in [2.05, 4.69) is 11.1 Å². The molecule has 4 heteroatoms.